The van der Waals surface area contributed by atoms with E-state index >= 15 is 4.39 Å². The molecule has 2 aliphatic heterocycles. The number of ether oxygens (including phenoxy) is 2. The minimum atomic E-state index is -0.886. The maximum atomic E-state index is 15.5. The molecular weight excluding hydrogens is 507 g/mol. The van der Waals surface area contributed by atoms with Crippen molar-refractivity contribution >= 4 is 11.8 Å². The standard InChI is InChI=1S/C32H45FN4O3/c1-4-39-32(38)30(26-11-8-16-34-29(26)22-13-14-22)37-18-15-23(20-37)27(33)12-6-5-9-24-19-28(40-21(2)3)25-10-7-17-35-31(25)36-24/h8,11,16,19,21-23,27,30H,4-7,9-10,12-15,17-18,20H2,1-3H3,(H,35,36). The van der Waals surface area contributed by atoms with E-state index in [-0.39, 0.29) is 18.0 Å². The second-order valence-corrected chi connectivity index (χ2v) is 11.8. The van der Waals surface area contributed by atoms with Crippen LogP contribution >= 0.6 is 0 Å². The number of unbranched alkanes of at least 4 members (excludes halogenated alkanes) is 1. The fraction of sp³-hybridized carbons (Fsp3) is 0.656. The van der Waals surface area contributed by atoms with Gasteiger partial charge in [0.15, 0.2) is 0 Å². The largest absolute Gasteiger partial charge is 0.491 e. The summed E-state index contributed by atoms with van der Waals surface area (Å²) in [5.74, 6) is 1.99. The molecular formula is C32H45FN4O3. The number of esters is 1. The lowest BCUT2D eigenvalue weighted by Crippen LogP contribution is -2.35. The van der Waals surface area contributed by atoms with Crippen LogP contribution in [0.5, 0.6) is 5.75 Å². The van der Waals surface area contributed by atoms with Crippen LogP contribution in [0.25, 0.3) is 0 Å². The number of aromatic nitrogens is 2. The van der Waals surface area contributed by atoms with Crippen molar-refractivity contribution in [1.82, 2.24) is 14.9 Å². The smallest absolute Gasteiger partial charge is 0.328 e. The van der Waals surface area contributed by atoms with Crippen molar-refractivity contribution in [2.75, 3.05) is 31.6 Å². The van der Waals surface area contributed by atoms with E-state index in [4.69, 9.17) is 14.5 Å². The molecule has 1 saturated heterocycles. The minimum Gasteiger partial charge on any atom is -0.491 e. The quantitative estimate of drug-likeness (QED) is 0.235. The predicted octanol–water partition coefficient (Wildman–Crippen LogP) is 6.18. The number of hydrogen-bond donors (Lipinski definition) is 1. The van der Waals surface area contributed by atoms with Crippen LogP contribution in [0.3, 0.4) is 0 Å². The topological polar surface area (TPSA) is 76.6 Å². The average molecular weight is 553 g/mol. The Labute approximate surface area is 238 Å². The average Bonchev–Trinajstić information content (AvgIpc) is 3.68. The van der Waals surface area contributed by atoms with Gasteiger partial charge in [-0.05, 0) is 84.7 Å². The lowest BCUT2D eigenvalue weighted by molar-refractivity contribution is -0.149. The summed E-state index contributed by atoms with van der Waals surface area (Å²) in [6.07, 6.45) is 9.10. The number of anilines is 1. The van der Waals surface area contributed by atoms with Crippen LogP contribution in [0.4, 0.5) is 10.2 Å². The molecule has 3 unspecified atom stereocenters. The highest BCUT2D eigenvalue weighted by Gasteiger charge is 2.40. The summed E-state index contributed by atoms with van der Waals surface area (Å²) in [7, 11) is 0. The number of fused-ring (bicyclic) bond motifs is 1. The molecule has 1 N–H and O–H groups in total. The van der Waals surface area contributed by atoms with Gasteiger partial charge in [0.1, 0.15) is 23.8 Å². The number of nitrogens with zero attached hydrogens (tertiary/aromatic N) is 3. The van der Waals surface area contributed by atoms with Crippen LogP contribution in [0.2, 0.25) is 0 Å². The Morgan fingerprint density at radius 3 is 2.88 bits per heavy atom. The van der Waals surface area contributed by atoms with Crippen LogP contribution in [0.1, 0.15) is 100 Å². The second kappa shape index (κ2) is 13.3. The van der Waals surface area contributed by atoms with E-state index < -0.39 is 12.2 Å². The molecule has 3 atom stereocenters. The zero-order valence-corrected chi connectivity index (χ0v) is 24.3. The van der Waals surface area contributed by atoms with E-state index in [0.717, 1.165) is 86.4 Å². The first-order valence-electron chi connectivity index (χ1n) is 15.4. The van der Waals surface area contributed by atoms with Gasteiger partial charge in [-0.25, -0.2) is 14.2 Å². The lowest BCUT2D eigenvalue weighted by Gasteiger charge is -2.28. The van der Waals surface area contributed by atoms with Gasteiger partial charge in [0.25, 0.3) is 0 Å². The Bertz CT molecular complexity index is 1150. The molecule has 0 radical (unpaired) electrons. The van der Waals surface area contributed by atoms with Gasteiger partial charge in [0.2, 0.25) is 0 Å². The highest BCUT2D eigenvalue weighted by Crippen LogP contribution is 2.43. The molecule has 1 aliphatic carbocycles. The maximum absolute atomic E-state index is 15.5. The summed E-state index contributed by atoms with van der Waals surface area (Å²) in [6, 6.07) is 5.47. The van der Waals surface area contributed by atoms with E-state index in [2.05, 4.69) is 21.3 Å². The highest BCUT2D eigenvalue weighted by atomic mass is 19.1. The van der Waals surface area contributed by atoms with Crippen LogP contribution < -0.4 is 10.1 Å². The summed E-state index contributed by atoms with van der Waals surface area (Å²) < 4.78 is 27.1. The third-order valence-electron chi connectivity index (χ3n) is 8.33. The minimum absolute atomic E-state index is 0.0740. The Morgan fingerprint density at radius 2 is 2.10 bits per heavy atom. The van der Waals surface area contributed by atoms with Gasteiger partial charge in [0.05, 0.1) is 12.7 Å². The van der Waals surface area contributed by atoms with Crippen molar-refractivity contribution in [2.45, 2.75) is 103 Å². The molecule has 0 bridgehead atoms. The SMILES string of the molecule is CCOC(=O)C(c1cccnc1C1CC1)N1CCC(C(F)CCCCc2cc(OC(C)C)c3c(n2)NCCC3)C1. The zero-order chi connectivity index (χ0) is 28.1. The summed E-state index contributed by atoms with van der Waals surface area (Å²) in [6.45, 7) is 8.45. The number of alkyl halides is 1. The molecule has 0 amide bonds. The molecule has 40 heavy (non-hydrogen) atoms. The fourth-order valence-corrected chi connectivity index (χ4v) is 6.22. The maximum Gasteiger partial charge on any atom is 0.328 e. The number of carbonyl (C=O) groups excluding carboxylic acids is 1. The third kappa shape index (κ3) is 6.93. The lowest BCUT2D eigenvalue weighted by atomic mass is 9.97. The summed E-state index contributed by atoms with van der Waals surface area (Å²) in [4.78, 5) is 24.7. The number of pyridine rings is 2. The van der Waals surface area contributed by atoms with Crippen molar-refractivity contribution < 1.29 is 18.7 Å². The predicted molar refractivity (Wildman–Crippen MR) is 155 cm³/mol. The molecule has 2 fully saturated rings. The Kier molecular flexibility index (Phi) is 9.56. The van der Waals surface area contributed by atoms with Gasteiger partial charge in [-0.15, -0.1) is 0 Å². The number of nitrogens with one attached hydrogen (secondary N) is 1. The van der Waals surface area contributed by atoms with E-state index in [1.54, 1.807) is 6.20 Å². The second-order valence-electron chi connectivity index (χ2n) is 11.8. The number of carbonyl (C=O) groups is 1. The van der Waals surface area contributed by atoms with Crippen LogP contribution in [0.15, 0.2) is 24.4 Å². The van der Waals surface area contributed by atoms with Gasteiger partial charge in [-0.2, -0.15) is 0 Å². The zero-order valence-electron chi connectivity index (χ0n) is 24.3. The van der Waals surface area contributed by atoms with Gasteiger partial charge in [-0.1, -0.05) is 12.5 Å². The Morgan fingerprint density at radius 1 is 1.25 bits per heavy atom. The molecule has 5 rings (SSSR count). The van der Waals surface area contributed by atoms with Crippen molar-refractivity contribution in [2.24, 2.45) is 5.92 Å². The Balaban J connectivity index is 1.16. The first kappa shape index (κ1) is 28.8. The number of rotatable bonds is 13. The molecule has 0 spiro atoms. The first-order chi connectivity index (χ1) is 19.4. The van der Waals surface area contributed by atoms with E-state index in [0.29, 0.717) is 32.0 Å². The van der Waals surface area contributed by atoms with Gasteiger partial charge in [-0.3, -0.25) is 9.88 Å². The first-order valence-corrected chi connectivity index (χ1v) is 15.4. The molecule has 4 heterocycles. The van der Waals surface area contributed by atoms with Crippen molar-refractivity contribution in [3.05, 3.63) is 46.9 Å². The fourth-order valence-electron chi connectivity index (χ4n) is 6.22. The molecule has 7 nitrogen and oxygen atoms in total. The normalized spacial score (nSPS) is 20.6. The van der Waals surface area contributed by atoms with Crippen LogP contribution in [0, 0.1) is 5.92 Å². The van der Waals surface area contributed by atoms with Crippen LogP contribution in [-0.2, 0) is 22.4 Å². The molecule has 8 heteroatoms. The molecule has 0 aromatic carbocycles. The van der Waals surface area contributed by atoms with Crippen molar-refractivity contribution in [1.29, 1.82) is 0 Å². The van der Waals surface area contributed by atoms with Crippen LogP contribution in [-0.4, -0.2) is 59.4 Å². The van der Waals surface area contributed by atoms with Crippen molar-refractivity contribution in [3.63, 3.8) is 0 Å². The number of halogens is 1. The van der Waals surface area contributed by atoms with E-state index in [1.807, 2.05) is 32.9 Å². The Hall–Kier alpha value is -2.74. The highest BCUT2D eigenvalue weighted by molar-refractivity contribution is 5.78. The molecule has 2 aromatic rings. The van der Waals surface area contributed by atoms with Gasteiger partial charge in [0, 0.05) is 59.7 Å². The number of hydrogen-bond acceptors (Lipinski definition) is 7. The molecule has 1 saturated carbocycles. The number of aryl methyl sites for hydroxylation is 1. The molecule has 3 aliphatic rings. The summed E-state index contributed by atoms with van der Waals surface area (Å²) in [5.41, 5.74) is 4.13. The van der Waals surface area contributed by atoms with Gasteiger partial charge < -0.3 is 14.8 Å². The summed E-state index contributed by atoms with van der Waals surface area (Å²) in [5, 5.41) is 3.42. The molecule has 2 aromatic heterocycles. The monoisotopic (exact) mass is 552 g/mol. The van der Waals surface area contributed by atoms with E-state index in [9.17, 15) is 4.79 Å². The molecule has 218 valence electrons. The number of likely N-dealkylation sites (tertiary alicyclic amines) is 1. The van der Waals surface area contributed by atoms with Crippen molar-refractivity contribution in [3.8, 4) is 5.75 Å². The van der Waals surface area contributed by atoms with E-state index in [1.165, 1.54) is 5.56 Å². The van der Waals surface area contributed by atoms with Gasteiger partial charge >= 0.3 is 5.97 Å². The third-order valence-corrected chi connectivity index (χ3v) is 8.33. The summed E-state index contributed by atoms with van der Waals surface area (Å²) >= 11 is 0.